The Kier molecular flexibility index (Phi) is 8.04. The van der Waals surface area contributed by atoms with Gasteiger partial charge in [-0.3, -0.25) is 4.79 Å². The summed E-state index contributed by atoms with van der Waals surface area (Å²) < 4.78 is 12.8. The number of Topliss-reactive ketones (excluding diaryl/α,β-unsaturated/α-hetero) is 1. The van der Waals surface area contributed by atoms with Crippen molar-refractivity contribution in [2.75, 3.05) is 13.2 Å². The average Bonchev–Trinajstić information content (AvgIpc) is 2.94. The van der Waals surface area contributed by atoms with Gasteiger partial charge in [-0.1, -0.05) is 81.4 Å². The van der Waals surface area contributed by atoms with Gasteiger partial charge in [0.05, 0.1) is 12.6 Å². The zero-order valence-electron chi connectivity index (χ0n) is 21.5. The van der Waals surface area contributed by atoms with Gasteiger partial charge in [-0.25, -0.2) is 4.79 Å². The molecule has 0 radical (unpaired) electrons. The van der Waals surface area contributed by atoms with Crippen LogP contribution in [0.5, 0.6) is 0 Å². The number of benzene rings is 2. The van der Waals surface area contributed by atoms with Gasteiger partial charge in [-0.15, -0.1) is 0 Å². The fourth-order valence-corrected chi connectivity index (χ4v) is 9.39. The molecule has 34 heavy (non-hydrogen) atoms. The third-order valence-electron chi connectivity index (χ3n) is 6.30. The zero-order valence-corrected chi connectivity index (χ0v) is 22.5. The number of nitrogens with zero attached hydrogens (tertiary/aromatic N) is 1. The van der Waals surface area contributed by atoms with Gasteiger partial charge in [0.15, 0.2) is 0 Å². The van der Waals surface area contributed by atoms with Crippen LogP contribution in [-0.4, -0.2) is 49.9 Å². The zero-order chi connectivity index (χ0) is 25.0. The number of amides is 1. The lowest BCUT2D eigenvalue weighted by atomic mass is 10.1. The first-order valence-corrected chi connectivity index (χ1v) is 14.1. The molecule has 2 aromatic carbocycles. The Balaban J connectivity index is 2.01. The molecule has 0 aliphatic carbocycles. The van der Waals surface area contributed by atoms with E-state index in [1.165, 1.54) is 10.4 Å². The number of carbonyl (C=O) groups excluding carboxylic acids is 2. The van der Waals surface area contributed by atoms with Gasteiger partial charge in [0, 0.05) is 19.4 Å². The molecule has 1 amide bonds. The molecule has 3 rings (SSSR count). The lowest BCUT2D eigenvalue weighted by Gasteiger charge is -2.44. The van der Waals surface area contributed by atoms with E-state index < -0.39 is 13.9 Å². The summed E-state index contributed by atoms with van der Waals surface area (Å²) in [5.74, 6) is 0.169. The molecule has 5 nitrogen and oxygen atoms in total. The first-order chi connectivity index (χ1) is 15.9. The van der Waals surface area contributed by atoms with E-state index in [0.29, 0.717) is 19.4 Å². The largest absolute Gasteiger partial charge is 0.444 e. The molecule has 1 fully saturated rings. The third kappa shape index (κ3) is 5.97. The van der Waals surface area contributed by atoms with E-state index in [4.69, 9.17) is 9.16 Å². The molecule has 0 saturated carbocycles. The topological polar surface area (TPSA) is 55.8 Å². The maximum Gasteiger partial charge on any atom is 0.410 e. The summed E-state index contributed by atoms with van der Waals surface area (Å²) in [6.45, 7) is 13.0. The van der Waals surface area contributed by atoms with E-state index in [1.807, 2.05) is 32.9 Å². The fourth-order valence-electron chi connectivity index (χ4n) is 4.80. The van der Waals surface area contributed by atoms with Gasteiger partial charge < -0.3 is 14.1 Å². The minimum absolute atomic E-state index is 0.169. The predicted octanol–water partition coefficient (Wildman–Crippen LogP) is 4.92. The Morgan fingerprint density at radius 1 is 0.941 bits per heavy atom. The fraction of sp³-hybridized carbons (Fsp3) is 0.500. The maximum atomic E-state index is 13.1. The lowest BCUT2D eigenvalue weighted by Crippen LogP contribution is -2.67. The molecule has 0 unspecified atom stereocenters. The molecule has 0 bridgehead atoms. The number of hydrogen-bond acceptors (Lipinski definition) is 4. The molecule has 1 atom stereocenters. The van der Waals surface area contributed by atoms with Crippen molar-refractivity contribution in [2.24, 2.45) is 0 Å². The molecule has 0 aromatic heterocycles. The van der Waals surface area contributed by atoms with Crippen molar-refractivity contribution in [2.45, 2.75) is 77.5 Å². The highest BCUT2D eigenvalue weighted by molar-refractivity contribution is 6.99. The van der Waals surface area contributed by atoms with Gasteiger partial charge in [0.1, 0.15) is 11.4 Å². The number of rotatable bonds is 5. The standard InChI is InChI=1S/C28H39NO4Si/c1-27(2,3)33-26(31)29-19-13-14-23(30)20-22(29)21-32-34(28(4,5)6,24-15-9-7-10-16-24)25-17-11-8-12-18-25/h7-12,15-18,22H,13-14,19-21H2,1-6H3/t22-/m0/s1. The highest BCUT2D eigenvalue weighted by Gasteiger charge is 2.50. The number of hydrogen-bond donors (Lipinski definition) is 0. The van der Waals surface area contributed by atoms with Gasteiger partial charge in [0.25, 0.3) is 8.32 Å². The van der Waals surface area contributed by atoms with Crippen molar-refractivity contribution < 1.29 is 18.8 Å². The highest BCUT2D eigenvalue weighted by atomic mass is 28.4. The van der Waals surface area contributed by atoms with Gasteiger partial charge in [0.2, 0.25) is 0 Å². The van der Waals surface area contributed by atoms with Crippen LogP contribution in [0, 0.1) is 0 Å². The molecular weight excluding hydrogens is 442 g/mol. The van der Waals surface area contributed by atoms with Crippen LogP contribution < -0.4 is 10.4 Å². The molecule has 2 aromatic rings. The van der Waals surface area contributed by atoms with Gasteiger partial charge in [-0.2, -0.15) is 0 Å². The summed E-state index contributed by atoms with van der Waals surface area (Å²) >= 11 is 0. The summed E-state index contributed by atoms with van der Waals surface area (Å²) in [5, 5.41) is 2.18. The Bertz CT molecular complexity index is 924. The first-order valence-electron chi connectivity index (χ1n) is 12.2. The van der Waals surface area contributed by atoms with Crippen LogP contribution in [-0.2, 0) is 14.0 Å². The second kappa shape index (κ2) is 10.4. The normalized spacial score (nSPS) is 17.9. The van der Waals surface area contributed by atoms with E-state index in [2.05, 4.69) is 69.3 Å². The van der Waals surface area contributed by atoms with Gasteiger partial charge >= 0.3 is 6.09 Å². The number of carbonyl (C=O) groups is 2. The quantitative estimate of drug-likeness (QED) is 0.569. The van der Waals surface area contributed by atoms with Crippen molar-refractivity contribution in [3.63, 3.8) is 0 Å². The summed E-state index contributed by atoms with van der Waals surface area (Å²) in [4.78, 5) is 27.4. The third-order valence-corrected chi connectivity index (χ3v) is 11.3. The molecule has 1 saturated heterocycles. The summed E-state index contributed by atoms with van der Waals surface area (Å²) in [5.41, 5.74) is -0.600. The smallest absolute Gasteiger partial charge is 0.410 e. The monoisotopic (exact) mass is 481 g/mol. The molecule has 184 valence electrons. The van der Waals surface area contributed by atoms with E-state index in [9.17, 15) is 9.59 Å². The number of ether oxygens (including phenoxy) is 1. The summed E-state index contributed by atoms with van der Waals surface area (Å²) in [6, 6.07) is 20.5. The molecular formula is C28H39NO4Si. The van der Waals surface area contributed by atoms with E-state index in [0.717, 1.165) is 0 Å². The van der Waals surface area contributed by atoms with Gasteiger partial charge in [-0.05, 0) is 42.6 Å². The molecule has 6 heteroatoms. The number of ketones is 1. The van der Waals surface area contributed by atoms with Crippen molar-refractivity contribution in [1.82, 2.24) is 4.90 Å². The van der Waals surface area contributed by atoms with Crippen molar-refractivity contribution in [3.8, 4) is 0 Å². The lowest BCUT2D eigenvalue weighted by molar-refractivity contribution is -0.119. The minimum Gasteiger partial charge on any atom is -0.444 e. The van der Waals surface area contributed by atoms with Crippen LogP contribution in [0.3, 0.4) is 0 Å². The van der Waals surface area contributed by atoms with Crippen LogP contribution in [0.25, 0.3) is 0 Å². The van der Waals surface area contributed by atoms with Crippen molar-refractivity contribution in [1.29, 1.82) is 0 Å². The molecule has 0 N–H and O–H groups in total. The molecule has 1 aliphatic heterocycles. The SMILES string of the molecule is CC(C)(C)OC(=O)N1CCCC(=O)C[C@H]1CO[Si](c1ccccc1)(c1ccccc1)C(C)(C)C. The molecule has 1 heterocycles. The second-order valence-electron chi connectivity index (χ2n) is 11.1. The minimum atomic E-state index is -2.77. The highest BCUT2D eigenvalue weighted by Crippen LogP contribution is 2.37. The Morgan fingerprint density at radius 3 is 1.94 bits per heavy atom. The first kappa shape index (κ1) is 26.2. The predicted molar refractivity (Wildman–Crippen MR) is 139 cm³/mol. The van der Waals surface area contributed by atoms with Crippen LogP contribution >= 0.6 is 0 Å². The summed E-state index contributed by atoms with van der Waals surface area (Å²) in [6.07, 6.45) is 1.04. The summed E-state index contributed by atoms with van der Waals surface area (Å²) in [7, 11) is -2.77. The Labute approximate surface area is 205 Å². The van der Waals surface area contributed by atoms with Crippen LogP contribution in [0.4, 0.5) is 4.79 Å². The van der Waals surface area contributed by atoms with Crippen LogP contribution in [0.2, 0.25) is 5.04 Å². The number of likely N-dealkylation sites (tertiary alicyclic amines) is 1. The second-order valence-corrected chi connectivity index (χ2v) is 15.5. The van der Waals surface area contributed by atoms with E-state index in [1.54, 1.807) is 4.90 Å². The van der Waals surface area contributed by atoms with Crippen LogP contribution in [0.15, 0.2) is 60.7 Å². The molecule has 1 aliphatic rings. The van der Waals surface area contributed by atoms with Crippen LogP contribution in [0.1, 0.15) is 60.8 Å². The van der Waals surface area contributed by atoms with Crippen molar-refractivity contribution >= 4 is 30.6 Å². The molecule has 0 spiro atoms. The van der Waals surface area contributed by atoms with E-state index >= 15 is 0 Å². The Hall–Kier alpha value is -2.44. The Morgan fingerprint density at radius 2 is 1.47 bits per heavy atom. The van der Waals surface area contributed by atoms with E-state index in [-0.39, 0.29) is 36.0 Å². The van der Waals surface area contributed by atoms with Crippen molar-refractivity contribution in [3.05, 3.63) is 60.7 Å². The average molecular weight is 482 g/mol. The maximum absolute atomic E-state index is 13.1.